The molecular weight excluding hydrogens is 1190 g/mol. The summed E-state index contributed by atoms with van der Waals surface area (Å²) in [5, 5.41) is 27.0. The van der Waals surface area contributed by atoms with Crippen LogP contribution in [-0.2, 0) is 26.0 Å². The van der Waals surface area contributed by atoms with Crippen LogP contribution in [0.15, 0.2) is 96.2 Å². The van der Waals surface area contributed by atoms with Crippen LogP contribution in [0.4, 0.5) is 34.3 Å². The molecule has 3 aromatic heterocycles. The van der Waals surface area contributed by atoms with Crippen molar-refractivity contribution in [3.63, 3.8) is 0 Å². The molecule has 4 N–H and O–H groups in total. The average molecular weight is 1280 g/mol. The highest BCUT2D eigenvalue weighted by Crippen LogP contribution is 2.74. The third-order valence-electron chi connectivity index (χ3n) is 21.7. The minimum Gasteiger partial charge on any atom is -0.493 e. The van der Waals surface area contributed by atoms with E-state index in [4.69, 9.17) is 33.7 Å². The lowest BCUT2D eigenvalue weighted by Crippen LogP contribution is -2.79. The van der Waals surface area contributed by atoms with Crippen molar-refractivity contribution in [1.29, 1.82) is 0 Å². The van der Waals surface area contributed by atoms with E-state index in [1.54, 1.807) is 13.2 Å². The summed E-state index contributed by atoms with van der Waals surface area (Å²) in [6.07, 6.45) is 8.46. The number of anilines is 5. The Kier molecular flexibility index (Phi) is 17.2. The molecule has 2 saturated carbocycles. The van der Waals surface area contributed by atoms with Crippen molar-refractivity contribution < 1.29 is 46.9 Å². The van der Waals surface area contributed by atoms with E-state index in [1.165, 1.54) is 17.7 Å². The molecule has 1 spiro atoms. The summed E-state index contributed by atoms with van der Waals surface area (Å²) in [5.41, 5.74) is 3.71. The monoisotopic (exact) mass is 1280 g/mol. The molecule has 6 aromatic rings. The normalized spacial score (nSPS) is 25.0. The topological polar surface area (TPSA) is 243 Å². The number of aliphatic hydroxyl groups is 1. The molecule has 492 valence electrons. The van der Waals surface area contributed by atoms with Gasteiger partial charge in [-0.05, 0) is 148 Å². The molecular formula is C69H89N11O11S. The number of H-pyrrole nitrogens is 1. The van der Waals surface area contributed by atoms with Crippen molar-refractivity contribution in [3.05, 3.63) is 118 Å². The number of carbonyl (C=O) groups excluding carboxylic acids is 1. The summed E-state index contributed by atoms with van der Waals surface area (Å²) in [5.74, 6) is 2.17. The molecule has 1 amide bonds. The molecule has 0 unspecified atom stereocenters. The Morgan fingerprint density at radius 3 is 2.36 bits per heavy atom. The number of nitrogens with zero attached hydrogens (tertiary/aromatic N) is 8. The summed E-state index contributed by atoms with van der Waals surface area (Å²) in [4.78, 5) is 51.7. The van der Waals surface area contributed by atoms with Gasteiger partial charge >= 0.3 is 0 Å². The third kappa shape index (κ3) is 11.8. The molecule has 8 heterocycles. The number of hydrogen-bond acceptors (Lipinski definition) is 19. The molecule has 3 atom stereocenters. The van der Waals surface area contributed by atoms with Crippen molar-refractivity contribution >= 4 is 61.2 Å². The van der Waals surface area contributed by atoms with Gasteiger partial charge in [-0.15, -0.1) is 0 Å². The van der Waals surface area contributed by atoms with Gasteiger partial charge in [0.1, 0.15) is 28.9 Å². The number of pyridine rings is 2. The average Bonchev–Trinajstić information content (AvgIpc) is 0.713. The van der Waals surface area contributed by atoms with E-state index in [0.717, 1.165) is 118 Å². The molecule has 92 heavy (non-hydrogen) atoms. The highest BCUT2D eigenvalue weighted by molar-refractivity contribution is 7.90. The van der Waals surface area contributed by atoms with E-state index < -0.39 is 43.1 Å². The predicted molar refractivity (Wildman–Crippen MR) is 353 cm³/mol. The van der Waals surface area contributed by atoms with Gasteiger partial charge in [-0.3, -0.25) is 24.7 Å². The minimum absolute atomic E-state index is 0.00163. The van der Waals surface area contributed by atoms with Crippen molar-refractivity contribution in [2.24, 2.45) is 22.2 Å². The number of amides is 1. The number of nitro groups is 1. The molecule has 7 aliphatic rings. The molecule has 5 aliphatic heterocycles. The Morgan fingerprint density at radius 2 is 1.62 bits per heavy atom. The number of sulfonamides is 1. The maximum atomic E-state index is 15.0. The van der Waals surface area contributed by atoms with Crippen LogP contribution in [0.25, 0.3) is 11.0 Å². The number of fused-ring (bicyclic) bond motifs is 3. The summed E-state index contributed by atoms with van der Waals surface area (Å²) in [6, 6.07) is 23.8. The number of carbonyl (C=O) groups is 1. The van der Waals surface area contributed by atoms with Gasteiger partial charge in [-0.2, -0.15) is 4.98 Å². The first-order valence-electron chi connectivity index (χ1n) is 32.9. The van der Waals surface area contributed by atoms with Gasteiger partial charge in [-0.1, -0.05) is 45.9 Å². The molecule has 6 fully saturated rings. The number of nitro benzene ring substituents is 1. The van der Waals surface area contributed by atoms with Crippen LogP contribution in [-0.4, -0.2) is 165 Å². The van der Waals surface area contributed by atoms with Crippen LogP contribution in [0.2, 0.25) is 0 Å². The van der Waals surface area contributed by atoms with E-state index in [2.05, 4.69) is 111 Å². The van der Waals surface area contributed by atoms with Crippen molar-refractivity contribution in [2.75, 3.05) is 106 Å². The summed E-state index contributed by atoms with van der Waals surface area (Å²) in [7, 11) is -2.96. The summed E-state index contributed by atoms with van der Waals surface area (Å²) in [6.45, 7) is 24.7. The number of piperazine rings is 1. The molecule has 0 bridgehead atoms. The Balaban J connectivity index is 0.783. The fraction of sp³-hybridized carbons (Fsp3) is 0.551. The Labute approximate surface area is 539 Å². The van der Waals surface area contributed by atoms with Crippen molar-refractivity contribution in [1.82, 2.24) is 29.5 Å². The van der Waals surface area contributed by atoms with Crippen LogP contribution in [0.3, 0.4) is 0 Å². The van der Waals surface area contributed by atoms with Crippen LogP contribution < -0.4 is 38.9 Å². The summed E-state index contributed by atoms with van der Waals surface area (Å²) >= 11 is 0. The molecule has 2 aliphatic carbocycles. The standard InChI is InChI=1S/C69H89N11O11S/c1-44(2)90-58-12-10-9-11-50(58)57-42-75(41-46-35-59(87-8)62(72-40-46)77-30-33-88-34-31-77)28-29-78(57)65-66(3,4)69(67(65,5)6)23-26-76(27-24-69)48-13-15-51(54(37-48)79-53-20-32-89-43-60(53)91-64-56(79)36-47-19-25-70-61(47)73-64)63(81)74-92(85,86)49-14-16-52(55(38-49)80(83)84)71-39-45-17-21-68(7,82)22-18-45/h9-16,19,25,35-38,40,44-45,53,57,60,65,71,82H,17-18,20-24,26-34,39,41-43H2,1-8H3,(H,70,73)(H,74,81)/t45?,53-,57+,60-,68?/m0/s1. The maximum Gasteiger partial charge on any atom is 0.293 e. The zero-order chi connectivity index (χ0) is 64.5. The SMILES string of the molecule is COc1cc(CN2CCN(C3C(C)(C)C4(CCN(c5ccc(C(=O)NS(=O)(=O)c6ccc(NCC7CCC(C)(O)CC7)c([N+](=O)[O-])c6)c(N6c7cc8cc[nH]c8nc7O[C@H]7COCC[C@@H]76)c5)CC4)C3(C)C)[C@@H](c3ccccc3OC(C)C)C2)cnc1N1CCOCC1. The second-order valence-electron chi connectivity index (χ2n) is 28.2. The highest BCUT2D eigenvalue weighted by Gasteiger charge is 2.73. The number of ether oxygens (including phenoxy) is 5. The number of methoxy groups -OCH3 is 1. The van der Waals surface area contributed by atoms with Crippen LogP contribution in [0.1, 0.15) is 121 Å². The minimum atomic E-state index is -4.68. The predicted octanol–water partition coefficient (Wildman–Crippen LogP) is 10.2. The first-order valence-corrected chi connectivity index (χ1v) is 34.3. The zero-order valence-electron chi connectivity index (χ0n) is 54.3. The van der Waals surface area contributed by atoms with Gasteiger partial charge in [-0.25, -0.2) is 18.1 Å². The Bertz CT molecular complexity index is 3820. The van der Waals surface area contributed by atoms with Crippen LogP contribution in [0.5, 0.6) is 17.4 Å². The van der Waals surface area contributed by atoms with E-state index >= 15 is 4.79 Å². The van der Waals surface area contributed by atoms with Gasteiger partial charge in [0.05, 0.1) is 71.8 Å². The van der Waals surface area contributed by atoms with Crippen molar-refractivity contribution in [2.45, 2.75) is 141 Å². The first kappa shape index (κ1) is 63.5. The molecule has 3 aromatic carbocycles. The number of benzene rings is 3. The molecule has 4 saturated heterocycles. The second kappa shape index (κ2) is 24.9. The smallest absolute Gasteiger partial charge is 0.293 e. The molecule has 22 nitrogen and oxygen atoms in total. The maximum absolute atomic E-state index is 15.0. The number of aromatic nitrogens is 3. The number of para-hydroxylation sites is 1. The Hall–Kier alpha value is -7.28. The van der Waals surface area contributed by atoms with E-state index in [1.807, 2.05) is 43.6 Å². The summed E-state index contributed by atoms with van der Waals surface area (Å²) < 4.78 is 62.0. The number of piperidine rings is 1. The van der Waals surface area contributed by atoms with Gasteiger partial charge in [0.2, 0.25) is 5.88 Å². The van der Waals surface area contributed by atoms with E-state index in [9.17, 15) is 23.6 Å². The number of rotatable bonds is 17. The number of aromatic amines is 1. The highest BCUT2D eigenvalue weighted by atomic mass is 32.2. The molecule has 13 rings (SSSR count). The quantitative estimate of drug-likeness (QED) is 0.0490. The molecule has 23 heteroatoms. The number of nitrogens with one attached hydrogen (secondary N) is 3. The first-order chi connectivity index (χ1) is 44.0. The third-order valence-corrected chi connectivity index (χ3v) is 23.0. The Morgan fingerprint density at radius 1 is 0.859 bits per heavy atom. The number of hydrogen-bond donors (Lipinski definition) is 4. The molecule has 0 radical (unpaired) electrons. The van der Waals surface area contributed by atoms with E-state index in [0.29, 0.717) is 68.5 Å². The fourth-order valence-corrected chi connectivity index (χ4v) is 18.1. The lowest BCUT2D eigenvalue weighted by Gasteiger charge is -2.77. The van der Waals surface area contributed by atoms with Crippen LogP contribution in [0, 0.1) is 32.3 Å². The lowest BCUT2D eigenvalue weighted by molar-refractivity contribution is -0.384. The largest absolute Gasteiger partial charge is 0.493 e. The second-order valence-corrected chi connectivity index (χ2v) is 29.8. The van der Waals surface area contributed by atoms with Crippen molar-refractivity contribution in [3.8, 4) is 17.4 Å². The van der Waals surface area contributed by atoms with E-state index in [-0.39, 0.29) is 64.3 Å². The van der Waals surface area contributed by atoms with Gasteiger partial charge in [0, 0.05) is 107 Å². The number of morpholine rings is 1. The lowest BCUT2D eigenvalue weighted by atomic mass is 9.33. The zero-order valence-corrected chi connectivity index (χ0v) is 55.1. The van der Waals surface area contributed by atoms with Gasteiger partial charge in [0.25, 0.3) is 21.6 Å². The fourth-order valence-electron chi connectivity index (χ4n) is 17.2. The van der Waals surface area contributed by atoms with Gasteiger partial charge in [0.15, 0.2) is 11.6 Å². The van der Waals surface area contributed by atoms with Gasteiger partial charge < -0.3 is 53.8 Å². The van der Waals surface area contributed by atoms with Crippen LogP contribution >= 0.6 is 0 Å².